The number of ether oxygens (including phenoxy) is 2. The number of anilines is 1. The van der Waals surface area contributed by atoms with Gasteiger partial charge in [0, 0.05) is 32.4 Å². The summed E-state index contributed by atoms with van der Waals surface area (Å²) in [7, 11) is 8.09. The van der Waals surface area contributed by atoms with E-state index >= 15 is 4.39 Å². The number of pyridine rings is 1. The standard InChI is InChI=1S/C34H40FN5O4/c1-36(2)11-7-13-38(14-8-12-37(3)4)31-27(35)21-25-30-33(31)44-29-20-24-10-6-5-9-23(24)19-28(29)40(30)22-26(32(25)41)34(42)39-15-17-43-18-16-39/h5-6,9-10,19-22H,7-8,11-18H2,1-4H3. The molecule has 3 aromatic carbocycles. The van der Waals surface area contributed by atoms with Gasteiger partial charge in [0.05, 0.1) is 24.3 Å². The normalized spacial score (nSPS) is 14.4. The fourth-order valence-electron chi connectivity index (χ4n) is 6.16. The van der Waals surface area contributed by atoms with Crippen LogP contribution in [0.1, 0.15) is 23.2 Å². The second-order valence-corrected chi connectivity index (χ2v) is 12.1. The van der Waals surface area contributed by atoms with Crippen LogP contribution in [0.2, 0.25) is 0 Å². The van der Waals surface area contributed by atoms with E-state index in [1.165, 1.54) is 6.07 Å². The zero-order valence-corrected chi connectivity index (χ0v) is 25.9. The Morgan fingerprint density at radius 1 is 0.909 bits per heavy atom. The second kappa shape index (κ2) is 12.6. The average molecular weight is 602 g/mol. The first kappa shape index (κ1) is 30.1. The number of carbonyl (C=O) groups excluding carboxylic acids is 1. The van der Waals surface area contributed by atoms with Gasteiger partial charge in [0.25, 0.3) is 5.91 Å². The van der Waals surface area contributed by atoms with Crippen LogP contribution in [0.5, 0.6) is 11.5 Å². The number of fused-ring (bicyclic) bond motifs is 3. The number of nitrogens with zero attached hydrogens (tertiary/aromatic N) is 5. The first-order chi connectivity index (χ1) is 21.2. The molecule has 0 aliphatic carbocycles. The molecule has 2 aliphatic heterocycles. The van der Waals surface area contributed by atoms with Gasteiger partial charge >= 0.3 is 0 Å². The number of morpholine rings is 1. The number of aromatic nitrogens is 1. The van der Waals surface area contributed by atoms with Crippen molar-refractivity contribution < 1.29 is 18.7 Å². The number of benzene rings is 3. The van der Waals surface area contributed by atoms with Crippen LogP contribution in [-0.2, 0) is 4.74 Å². The monoisotopic (exact) mass is 601 g/mol. The molecule has 0 saturated carbocycles. The molecule has 1 fully saturated rings. The minimum Gasteiger partial charge on any atom is -0.451 e. The van der Waals surface area contributed by atoms with Crippen LogP contribution in [0.4, 0.5) is 10.1 Å². The van der Waals surface area contributed by atoms with Crippen molar-refractivity contribution in [3.63, 3.8) is 0 Å². The largest absolute Gasteiger partial charge is 0.451 e. The third kappa shape index (κ3) is 5.77. The molecule has 232 valence electrons. The lowest BCUT2D eigenvalue weighted by molar-refractivity contribution is 0.0301. The maximum Gasteiger partial charge on any atom is 0.259 e. The predicted molar refractivity (Wildman–Crippen MR) is 172 cm³/mol. The topological polar surface area (TPSA) is 70.5 Å². The molecule has 10 heteroatoms. The zero-order valence-electron chi connectivity index (χ0n) is 25.9. The van der Waals surface area contributed by atoms with Crippen LogP contribution in [0.15, 0.2) is 53.5 Å². The van der Waals surface area contributed by atoms with Crippen LogP contribution in [-0.4, -0.2) is 106 Å². The molecule has 6 rings (SSSR count). The molecule has 2 aliphatic rings. The number of hydrogen-bond acceptors (Lipinski definition) is 7. The van der Waals surface area contributed by atoms with Gasteiger partial charge in [0.2, 0.25) is 5.43 Å². The van der Waals surface area contributed by atoms with Crippen molar-refractivity contribution in [2.24, 2.45) is 0 Å². The molecule has 1 aromatic heterocycles. The minimum absolute atomic E-state index is 0.00679. The highest BCUT2D eigenvalue weighted by atomic mass is 19.1. The lowest BCUT2D eigenvalue weighted by Gasteiger charge is -2.32. The third-order valence-corrected chi connectivity index (χ3v) is 8.38. The molecule has 0 unspecified atom stereocenters. The quantitative estimate of drug-likeness (QED) is 0.232. The Morgan fingerprint density at radius 2 is 1.55 bits per heavy atom. The van der Waals surface area contributed by atoms with E-state index in [1.54, 1.807) is 11.1 Å². The summed E-state index contributed by atoms with van der Waals surface area (Å²) in [6.07, 6.45) is 3.27. The number of hydrogen-bond donors (Lipinski definition) is 0. The van der Waals surface area contributed by atoms with Crippen molar-refractivity contribution >= 4 is 33.3 Å². The van der Waals surface area contributed by atoms with E-state index in [2.05, 4.69) is 9.80 Å². The second-order valence-electron chi connectivity index (χ2n) is 12.1. The summed E-state index contributed by atoms with van der Waals surface area (Å²) in [5, 5.41) is 2.09. The van der Waals surface area contributed by atoms with Crippen molar-refractivity contribution in [3.05, 3.63) is 70.3 Å². The zero-order chi connectivity index (χ0) is 31.0. The predicted octanol–water partition coefficient (Wildman–Crippen LogP) is 4.57. The number of amides is 1. The Bertz CT molecular complexity index is 1750. The Morgan fingerprint density at radius 3 is 2.18 bits per heavy atom. The number of rotatable bonds is 10. The van der Waals surface area contributed by atoms with Crippen LogP contribution >= 0.6 is 0 Å². The summed E-state index contributed by atoms with van der Waals surface area (Å²) >= 11 is 0. The maximum absolute atomic E-state index is 16.4. The van der Waals surface area contributed by atoms with Crippen LogP contribution in [0, 0.1) is 5.82 Å². The van der Waals surface area contributed by atoms with E-state index in [1.807, 2.05) is 74.1 Å². The van der Waals surface area contributed by atoms with Gasteiger partial charge in [-0.05, 0) is 83.1 Å². The third-order valence-electron chi connectivity index (χ3n) is 8.38. The molecule has 1 saturated heterocycles. The molecule has 4 aromatic rings. The maximum atomic E-state index is 16.4. The smallest absolute Gasteiger partial charge is 0.259 e. The van der Waals surface area contributed by atoms with Gasteiger partial charge < -0.3 is 33.6 Å². The van der Waals surface area contributed by atoms with Gasteiger partial charge in [-0.1, -0.05) is 24.3 Å². The van der Waals surface area contributed by atoms with Crippen molar-refractivity contribution in [2.75, 3.05) is 85.6 Å². The van der Waals surface area contributed by atoms with E-state index in [0.29, 0.717) is 67.8 Å². The molecule has 44 heavy (non-hydrogen) atoms. The molecule has 3 heterocycles. The fourth-order valence-corrected chi connectivity index (χ4v) is 6.16. The fraction of sp³-hybridized carbons (Fsp3) is 0.412. The van der Waals surface area contributed by atoms with Crippen molar-refractivity contribution in [3.8, 4) is 17.2 Å². The molecule has 1 amide bonds. The van der Waals surface area contributed by atoms with Crippen LogP contribution < -0.4 is 15.1 Å². The van der Waals surface area contributed by atoms with E-state index in [9.17, 15) is 9.59 Å². The lowest BCUT2D eigenvalue weighted by Crippen LogP contribution is -2.42. The molecule has 0 bridgehead atoms. The van der Waals surface area contributed by atoms with Gasteiger partial charge in [-0.15, -0.1) is 0 Å². The highest BCUT2D eigenvalue weighted by Crippen LogP contribution is 2.47. The van der Waals surface area contributed by atoms with Crippen LogP contribution in [0.3, 0.4) is 0 Å². The molecular formula is C34H40FN5O4. The van der Waals surface area contributed by atoms with E-state index in [4.69, 9.17) is 9.47 Å². The number of carbonyl (C=O) groups is 1. The Labute approximate surface area is 256 Å². The highest BCUT2D eigenvalue weighted by molar-refractivity contribution is 6.02. The minimum atomic E-state index is -0.536. The van der Waals surface area contributed by atoms with Crippen LogP contribution in [0.25, 0.3) is 27.4 Å². The van der Waals surface area contributed by atoms with Crippen molar-refractivity contribution in [2.45, 2.75) is 12.8 Å². The van der Waals surface area contributed by atoms with Gasteiger partial charge in [0.15, 0.2) is 17.3 Å². The van der Waals surface area contributed by atoms with E-state index in [-0.39, 0.29) is 16.9 Å². The number of halogens is 1. The Hall–Kier alpha value is -3.99. The summed E-state index contributed by atoms with van der Waals surface area (Å²) < 4.78 is 30.3. The van der Waals surface area contributed by atoms with Gasteiger partial charge in [-0.2, -0.15) is 0 Å². The Kier molecular flexibility index (Phi) is 8.57. The average Bonchev–Trinajstić information content (AvgIpc) is 3.00. The van der Waals surface area contributed by atoms with E-state index < -0.39 is 11.2 Å². The lowest BCUT2D eigenvalue weighted by atomic mass is 10.0. The SMILES string of the molecule is CN(C)CCCN(CCCN(C)C)c1c(F)cc2c(=O)c(C(=O)N3CCOCC3)cn3c2c1Oc1cc2ccccc2cc1-3. The molecule has 0 radical (unpaired) electrons. The molecule has 0 atom stereocenters. The van der Waals surface area contributed by atoms with Gasteiger partial charge in [0.1, 0.15) is 16.8 Å². The van der Waals surface area contributed by atoms with E-state index in [0.717, 1.165) is 36.7 Å². The summed E-state index contributed by atoms with van der Waals surface area (Å²) in [5.41, 5.74) is 1.01. The summed E-state index contributed by atoms with van der Waals surface area (Å²) in [5.74, 6) is -0.0665. The van der Waals surface area contributed by atoms with Gasteiger partial charge in [-0.25, -0.2) is 4.39 Å². The summed E-state index contributed by atoms with van der Waals surface area (Å²) in [6.45, 7) is 4.55. The van der Waals surface area contributed by atoms with Crippen molar-refractivity contribution in [1.29, 1.82) is 0 Å². The first-order valence-corrected chi connectivity index (χ1v) is 15.3. The molecular weight excluding hydrogens is 561 g/mol. The van der Waals surface area contributed by atoms with Crippen molar-refractivity contribution in [1.82, 2.24) is 19.3 Å². The van der Waals surface area contributed by atoms with Gasteiger partial charge in [-0.3, -0.25) is 9.59 Å². The molecule has 0 spiro atoms. The first-order valence-electron chi connectivity index (χ1n) is 15.3. The Balaban J connectivity index is 1.57. The summed E-state index contributed by atoms with van der Waals surface area (Å²) in [6, 6.07) is 13.2. The summed E-state index contributed by atoms with van der Waals surface area (Å²) in [4.78, 5) is 35.6. The molecule has 0 N–H and O–H groups in total. The molecule has 9 nitrogen and oxygen atoms in total. The highest BCUT2D eigenvalue weighted by Gasteiger charge is 2.32.